The van der Waals surface area contributed by atoms with Gasteiger partial charge in [0.15, 0.2) is 0 Å². The minimum Gasteiger partial charge on any atom is -0.347 e. The number of rotatable bonds is 4. The summed E-state index contributed by atoms with van der Waals surface area (Å²) in [5, 5.41) is 5.53. The van der Waals surface area contributed by atoms with Crippen LogP contribution in [-0.2, 0) is 11.0 Å². The number of pyridine rings is 1. The molecule has 0 aliphatic carbocycles. The fraction of sp³-hybridized carbons (Fsp3) is 0.250. The molecular formula is C24H19ClF3N5O3S. The Balaban J connectivity index is 1.50. The van der Waals surface area contributed by atoms with Gasteiger partial charge in [-0.15, -0.1) is 11.3 Å². The van der Waals surface area contributed by atoms with E-state index in [4.69, 9.17) is 11.6 Å². The van der Waals surface area contributed by atoms with Crippen LogP contribution in [0.15, 0.2) is 43.1 Å². The highest BCUT2D eigenvalue weighted by Gasteiger charge is 2.37. The van der Waals surface area contributed by atoms with Gasteiger partial charge in [0, 0.05) is 25.3 Å². The monoisotopic (exact) mass is 549 g/mol. The van der Waals surface area contributed by atoms with Crippen LogP contribution in [0, 0.1) is 0 Å². The Hall–Kier alpha value is -3.64. The first kappa shape index (κ1) is 25.0. The van der Waals surface area contributed by atoms with E-state index in [9.17, 15) is 27.6 Å². The summed E-state index contributed by atoms with van der Waals surface area (Å²) in [7, 11) is 0. The van der Waals surface area contributed by atoms with E-state index in [2.05, 4.69) is 22.2 Å². The number of likely N-dealkylation sites (tertiary alicyclic amines) is 1. The smallest absolute Gasteiger partial charge is 0.347 e. The molecule has 37 heavy (non-hydrogen) atoms. The molecule has 2 aromatic heterocycles. The van der Waals surface area contributed by atoms with E-state index in [-0.39, 0.29) is 33.9 Å². The van der Waals surface area contributed by atoms with Crippen LogP contribution < -0.4 is 15.5 Å². The number of nitrogens with zero attached hydrogens (tertiary/aromatic N) is 3. The molecule has 0 bridgehead atoms. The van der Waals surface area contributed by atoms with E-state index in [1.165, 1.54) is 24.4 Å². The fourth-order valence-electron chi connectivity index (χ4n) is 4.55. The van der Waals surface area contributed by atoms with E-state index >= 15 is 0 Å². The summed E-state index contributed by atoms with van der Waals surface area (Å²) in [6.07, 6.45) is -0.674. The zero-order valence-electron chi connectivity index (χ0n) is 19.1. The molecule has 1 atom stereocenters. The Morgan fingerprint density at radius 1 is 1.30 bits per heavy atom. The number of amides is 4. The molecule has 5 rings (SSSR count). The second-order valence-corrected chi connectivity index (χ2v) is 9.95. The summed E-state index contributed by atoms with van der Waals surface area (Å²) in [6, 6.07) is 3.68. The quantitative estimate of drug-likeness (QED) is 0.417. The maximum absolute atomic E-state index is 13.5. The van der Waals surface area contributed by atoms with Crippen molar-refractivity contribution in [2.75, 3.05) is 23.3 Å². The second kappa shape index (κ2) is 9.34. The number of thiophene rings is 1. The van der Waals surface area contributed by atoms with Gasteiger partial charge in [-0.05, 0) is 43.2 Å². The predicted molar refractivity (Wildman–Crippen MR) is 134 cm³/mol. The minimum atomic E-state index is -4.71. The van der Waals surface area contributed by atoms with Crippen LogP contribution in [0.2, 0.25) is 5.02 Å². The number of hydrogen-bond donors (Lipinski definition) is 2. The standard InChI is InChI=1S/C24H19ClF3N5O3S/c1-2-17(34)32-9-3-4-12(11-32)30-21(35)20-19-18-16(7-8-29-22(18)37-20)33(23(36)31-19)13-5-6-15(25)14(10-13)24(26,27)28/h2,5-8,10,12H,1,3-4,9,11H2,(H,30,35)(H,31,36)/t12-/m1/s1. The maximum atomic E-state index is 13.5. The Morgan fingerprint density at radius 3 is 2.81 bits per heavy atom. The zero-order valence-corrected chi connectivity index (χ0v) is 20.6. The molecule has 0 spiro atoms. The summed E-state index contributed by atoms with van der Waals surface area (Å²) < 4.78 is 40.4. The summed E-state index contributed by atoms with van der Waals surface area (Å²) in [5.41, 5.74) is -0.590. The van der Waals surface area contributed by atoms with Gasteiger partial charge in [-0.1, -0.05) is 18.2 Å². The molecule has 1 fully saturated rings. The Kier molecular flexibility index (Phi) is 6.32. The van der Waals surface area contributed by atoms with Crippen molar-refractivity contribution in [2.45, 2.75) is 25.1 Å². The molecule has 1 saturated heterocycles. The van der Waals surface area contributed by atoms with Gasteiger partial charge in [-0.3, -0.25) is 14.5 Å². The third kappa shape index (κ3) is 4.51. The number of anilines is 3. The van der Waals surface area contributed by atoms with Crippen LogP contribution in [0.5, 0.6) is 0 Å². The molecule has 13 heteroatoms. The number of alkyl halides is 3. The molecule has 0 unspecified atom stereocenters. The highest BCUT2D eigenvalue weighted by Crippen LogP contribution is 2.47. The Morgan fingerprint density at radius 2 is 2.08 bits per heavy atom. The number of hydrogen-bond acceptors (Lipinski definition) is 5. The zero-order chi connectivity index (χ0) is 26.5. The second-order valence-electron chi connectivity index (χ2n) is 8.54. The molecule has 1 aromatic carbocycles. The highest BCUT2D eigenvalue weighted by molar-refractivity contribution is 7.21. The third-order valence-electron chi connectivity index (χ3n) is 6.21. The van der Waals surface area contributed by atoms with Crippen LogP contribution in [0.4, 0.5) is 35.0 Å². The van der Waals surface area contributed by atoms with E-state index < -0.39 is 28.7 Å². The van der Waals surface area contributed by atoms with Gasteiger partial charge in [0.25, 0.3) is 5.91 Å². The normalized spacial score (nSPS) is 17.5. The van der Waals surface area contributed by atoms with Crippen molar-refractivity contribution in [1.82, 2.24) is 15.2 Å². The van der Waals surface area contributed by atoms with Crippen molar-refractivity contribution < 1.29 is 27.6 Å². The van der Waals surface area contributed by atoms with Crippen molar-refractivity contribution in [1.29, 1.82) is 0 Å². The van der Waals surface area contributed by atoms with Gasteiger partial charge in [0.1, 0.15) is 9.71 Å². The lowest BCUT2D eigenvalue weighted by Crippen LogP contribution is -2.49. The fourth-order valence-corrected chi connectivity index (χ4v) is 5.79. The van der Waals surface area contributed by atoms with Gasteiger partial charge >= 0.3 is 12.2 Å². The third-order valence-corrected chi connectivity index (χ3v) is 7.63. The topological polar surface area (TPSA) is 94.6 Å². The van der Waals surface area contributed by atoms with E-state index in [1.807, 2.05) is 0 Å². The van der Waals surface area contributed by atoms with Crippen molar-refractivity contribution in [3.63, 3.8) is 0 Å². The largest absolute Gasteiger partial charge is 0.417 e. The number of benzene rings is 1. The molecule has 192 valence electrons. The van der Waals surface area contributed by atoms with Crippen LogP contribution in [0.1, 0.15) is 28.1 Å². The number of carbonyl (C=O) groups is 3. The number of carbonyl (C=O) groups excluding carboxylic acids is 3. The lowest BCUT2D eigenvalue weighted by atomic mass is 10.1. The first-order valence-electron chi connectivity index (χ1n) is 11.2. The molecular weight excluding hydrogens is 531 g/mol. The van der Waals surface area contributed by atoms with E-state index in [0.717, 1.165) is 28.4 Å². The average Bonchev–Trinajstić information content (AvgIpc) is 3.23. The van der Waals surface area contributed by atoms with Crippen molar-refractivity contribution in [3.05, 3.63) is 58.6 Å². The first-order valence-corrected chi connectivity index (χ1v) is 12.4. The Labute approximate surface area is 217 Å². The number of aromatic nitrogens is 1. The Bertz CT molecular complexity index is 1460. The molecule has 0 radical (unpaired) electrons. The first-order chi connectivity index (χ1) is 17.6. The van der Waals surface area contributed by atoms with Crippen LogP contribution in [0.3, 0.4) is 0 Å². The molecule has 2 aliphatic rings. The van der Waals surface area contributed by atoms with E-state index in [0.29, 0.717) is 36.1 Å². The highest BCUT2D eigenvalue weighted by atomic mass is 35.5. The van der Waals surface area contributed by atoms with Crippen LogP contribution in [-0.4, -0.2) is 46.9 Å². The number of nitrogens with one attached hydrogen (secondary N) is 2. The van der Waals surface area contributed by atoms with Gasteiger partial charge in [-0.2, -0.15) is 13.2 Å². The average molecular weight is 550 g/mol. The lowest BCUT2D eigenvalue weighted by molar-refractivity contribution is -0.137. The lowest BCUT2D eigenvalue weighted by Gasteiger charge is -2.32. The number of urea groups is 1. The molecule has 2 N–H and O–H groups in total. The molecule has 8 nitrogen and oxygen atoms in total. The molecule has 3 aromatic rings. The minimum absolute atomic E-state index is 0.0428. The number of halogens is 4. The van der Waals surface area contributed by atoms with Crippen LogP contribution in [0.25, 0.3) is 10.2 Å². The van der Waals surface area contributed by atoms with Gasteiger partial charge in [0.2, 0.25) is 5.91 Å². The van der Waals surface area contributed by atoms with Gasteiger partial charge in [-0.25, -0.2) is 9.78 Å². The van der Waals surface area contributed by atoms with Crippen molar-refractivity contribution in [3.8, 4) is 0 Å². The number of piperidine rings is 1. The predicted octanol–water partition coefficient (Wildman–Crippen LogP) is 5.56. The SMILES string of the molecule is C=CC(=O)N1CCC[C@@H](NC(=O)c2sc3nccc4c3c2NC(=O)N4c2ccc(Cl)c(C(F)(F)F)c2)C1. The molecule has 2 aliphatic heterocycles. The molecule has 4 amide bonds. The molecule has 4 heterocycles. The van der Waals surface area contributed by atoms with E-state index in [1.54, 1.807) is 4.90 Å². The summed E-state index contributed by atoms with van der Waals surface area (Å²) in [4.78, 5) is 46.0. The van der Waals surface area contributed by atoms with Gasteiger partial charge in [0.05, 0.1) is 33.0 Å². The summed E-state index contributed by atoms with van der Waals surface area (Å²) in [6.45, 7) is 4.40. The summed E-state index contributed by atoms with van der Waals surface area (Å²) >= 11 is 6.81. The maximum Gasteiger partial charge on any atom is 0.417 e. The van der Waals surface area contributed by atoms with Gasteiger partial charge < -0.3 is 15.5 Å². The van der Waals surface area contributed by atoms with Crippen LogP contribution >= 0.6 is 22.9 Å². The summed E-state index contributed by atoms with van der Waals surface area (Å²) in [5.74, 6) is -0.658. The van der Waals surface area contributed by atoms with Crippen molar-refractivity contribution >= 4 is 68.1 Å². The van der Waals surface area contributed by atoms with Crippen molar-refractivity contribution in [2.24, 2.45) is 0 Å². The molecule has 0 saturated carbocycles.